The van der Waals surface area contributed by atoms with Crippen molar-refractivity contribution in [2.45, 2.75) is 13.5 Å². The summed E-state index contributed by atoms with van der Waals surface area (Å²) in [5.41, 5.74) is 1.87. The summed E-state index contributed by atoms with van der Waals surface area (Å²) in [5.74, 6) is 1.51. The van der Waals surface area contributed by atoms with Gasteiger partial charge in [-0.3, -0.25) is 9.69 Å². The zero-order valence-corrected chi connectivity index (χ0v) is 13.6. The van der Waals surface area contributed by atoms with Crippen molar-refractivity contribution in [1.82, 2.24) is 15.2 Å². The summed E-state index contributed by atoms with van der Waals surface area (Å²) in [5, 5.41) is 5.20. The van der Waals surface area contributed by atoms with Crippen molar-refractivity contribution in [2.75, 3.05) is 19.6 Å². The first-order valence-electron chi connectivity index (χ1n) is 8.13. The summed E-state index contributed by atoms with van der Waals surface area (Å²) in [7, 11) is 0. The van der Waals surface area contributed by atoms with Crippen LogP contribution in [0, 0.1) is 6.92 Å². The Morgan fingerprint density at radius 1 is 1.21 bits per heavy atom. The van der Waals surface area contributed by atoms with E-state index in [0.717, 1.165) is 23.6 Å². The van der Waals surface area contributed by atoms with Gasteiger partial charge in [0.2, 0.25) is 11.8 Å². The number of aromatic nitrogens is 1. The predicted molar refractivity (Wildman–Crippen MR) is 92.5 cm³/mol. The predicted octanol–water partition coefficient (Wildman–Crippen LogP) is 2.74. The number of nitrogens with one attached hydrogen (secondary N) is 1. The molecule has 0 spiro atoms. The molecule has 1 aliphatic heterocycles. The lowest BCUT2D eigenvalue weighted by molar-refractivity contribution is -0.124. The SMILES string of the molecule is Cc1oc(-c2ccc3ccccc3c2)nc1CN1CCNC(=O)C1. The van der Waals surface area contributed by atoms with Gasteiger partial charge in [-0.1, -0.05) is 30.3 Å². The topological polar surface area (TPSA) is 58.4 Å². The third kappa shape index (κ3) is 2.90. The number of nitrogens with zero attached hydrogens (tertiary/aromatic N) is 2. The summed E-state index contributed by atoms with van der Waals surface area (Å²) in [6, 6.07) is 14.4. The molecule has 1 saturated heterocycles. The standard InChI is InChI=1S/C19H19N3O2/c1-13-17(11-22-9-8-20-18(23)12-22)21-19(24-13)16-7-6-14-4-2-3-5-15(14)10-16/h2-7,10H,8-9,11-12H2,1H3,(H,20,23). The fraction of sp³-hybridized carbons (Fsp3) is 0.263. The number of piperazine rings is 1. The number of oxazole rings is 1. The molecule has 1 amide bonds. The minimum absolute atomic E-state index is 0.0668. The van der Waals surface area contributed by atoms with Gasteiger partial charge in [0.15, 0.2) is 0 Å². The van der Waals surface area contributed by atoms with Crippen LogP contribution in [0.4, 0.5) is 0 Å². The number of benzene rings is 2. The molecule has 2 heterocycles. The molecule has 0 bridgehead atoms. The van der Waals surface area contributed by atoms with Crippen LogP contribution in [0.25, 0.3) is 22.2 Å². The lowest BCUT2D eigenvalue weighted by Gasteiger charge is -2.25. The van der Waals surface area contributed by atoms with E-state index in [1.54, 1.807) is 0 Å². The maximum Gasteiger partial charge on any atom is 0.234 e. The molecule has 0 radical (unpaired) electrons. The van der Waals surface area contributed by atoms with E-state index in [1.807, 2.05) is 25.1 Å². The molecule has 1 aromatic heterocycles. The Morgan fingerprint density at radius 3 is 2.88 bits per heavy atom. The number of fused-ring (bicyclic) bond motifs is 1. The maximum absolute atomic E-state index is 11.5. The molecule has 3 aromatic rings. The first-order chi connectivity index (χ1) is 11.7. The molecule has 0 saturated carbocycles. The van der Waals surface area contributed by atoms with Gasteiger partial charge in [0, 0.05) is 25.2 Å². The van der Waals surface area contributed by atoms with Crippen LogP contribution in [-0.4, -0.2) is 35.4 Å². The van der Waals surface area contributed by atoms with E-state index in [2.05, 4.69) is 39.5 Å². The van der Waals surface area contributed by atoms with Crippen molar-refractivity contribution in [3.8, 4) is 11.5 Å². The first kappa shape index (κ1) is 14.9. The van der Waals surface area contributed by atoms with E-state index in [9.17, 15) is 4.79 Å². The normalized spacial score (nSPS) is 15.6. The molecular formula is C19H19N3O2. The van der Waals surface area contributed by atoms with Crippen LogP contribution in [0.1, 0.15) is 11.5 Å². The fourth-order valence-corrected chi connectivity index (χ4v) is 3.06. The second-order valence-corrected chi connectivity index (χ2v) is 6.14. The van der Waals surface area contributed by atoms with Gasteiger partial charge in [-0.15, -0.1) is 0 Å². The number of hydrogen-bond acceptors (Lipinski definition) is 4. The highest BCUT2D eigenvalue weighted by Crippen LogP contribution is 2.26. The summed E-state index contributed by atoms with van der Waals surface area (Å²) in [4.78, 5) is 18.3. The number of rotatable bonds is 3. The van der Waals surface area contributed by atoms with Gasteiger partial charge >= 0.3 is 0 Å². The van der Waals surface area contributed by atoms with Gasteiger partial charge in [0.1, 0.15) is 5.76 Å². The fourth-order valence-electron chi connectivity index (χ4n) is 3.06. The van der Waals surface area contributed by atoms with Gasteiger partial charge in [-0.05, 0) is 29.8 Å². The van der Waals surface area contributed by atoms with Crippen LogP contribution >= 0.6 is 0 Å². The molecule has 24 heavy (non-hydrogen) atoms. The van der Waals surface area contributed by atoms with Crippen LogP contribution < -0.4 is 5.32 Å². The largest absolute Gasteiger partial charge is 0.441 e. The van der Waals surface area contributed by atoms with E-state index in [-0.39, 0.29) is 5.91 Å². The lowest BCUT2D eigenvalue weighted by Crippen LogP contribution is -2.47. The molecule has 5 nitrogen and oxygen atoms in total. The number of amides is 1. The molecule has 5 heteroatoms. The highest BCUT2D eigenvalue weighted by Gasteiger charge is 2.20. The van der Waals surface area contributed by atoms with Crippen LogP contribution in [0.3, 0.4) is 0 Å². The second kappa shape index (κ2) is 6.09. The van der Waals surface area contributed by atoms with Gasteiger partial charge in [-0.25, -0.2) is 4.98 Å². The third-order valence-electron chi connectivity index (χ3n) is 4.38. The minimum atomic E-state index is 0.0668. The quantitative estimate of drug-likeness (QED) is 0.806. The van der Waals surface area contributed by atoms with Crippen LogP contribution in [0.2, 0.25) is 0 Å². The number of hydrogen-bond donors (Lipinski definition) is 1. The zero-order valence-electron chi connectivity index (χ0n) is 13.6. The maximum atomic E-state index is 11.5. The smallest absolute Gasteiger partial charge is 0.234 e. The molecule has 1 aliphatic rings. The van der Waals surface area contributed by atoms with Crippen molar-refractivity contribution in [3.05, 3.63) is 53.9 Å². The molecule has 0 unspecified atom stereocenters. The molecule has 0 atom stereocenters. The van der Waals surface area contributed by atoms with Crippen molar-refractivity contribution in [2.24, 2.45) is 0 Å². The number of carbonyl (C=O) groups excluding carboxylic acids is 1. The van der Waals surface area contributed by atoms with E-state index < -0.39 is 0 Å². The lowest BCUT2D eigenvalue weighted by atomic mass is 10.1. The van der Waals surface area contributed by atoms with E-state index >= 15 is 0 Å². The molecular weight excluding hydrogens is 302 g/mol. The van der Waals surface area contributed by atoms with Gasteiger partial charge < -0.3 is 9.73 Å². The monoisotopic (exact) mass is 321 g/mol. The third-order valence-corrected chi connectivity index (χ3v) is 4.38. The average Bonchev–Trinajstić information content (AvgIpc) is 2.95. The summed E-state index contributed by atoms with van der Waals surface area (Å²) >= 11 is 0. The van der Waals surface area contributed by atoms with Crippen molar-refractivity contribution >= 4 is 16.7 Å². The summed E-state index contributed by atoms with van der Waals surface area (Å²) in [6.07, 6.45) is 0. The molecule has 4 rings (SSSR count). The van der Waals surface area contributed by atoms with Gasteiger partial charge in [0.05, 0.1) is 12.2 Å². The van der Waals surface area contributed by atoms with E-state index in [0.29, 0.717) is 25.5 Å². The van der Waals surface area contributed by atoms with Crippen molar-refractivity contribution < 1.29 is 9.21 Å². The Balaban J connectivity index is 1.60. The number of aryl methyl sites for hydroxylation is 1. The Bertz CT molecular complexity index is 901. The Labute approximate surface area is 140 Å². The van der Waals surface area contributed by atoms with E-state index in [1.165, 1.54) is 10.8 Å². The Hall–Kier alpha value is -2.66. The Kier molecular flexibility index (Phi) is 3.78. The minimum Gasteiger partial charge on any atom is -0.441 e. The molecule has 1 N–H and O–H groups in total. The van der Waals surface area contributed by atoms with E-state index in [4.69, 9.17) is 4.42 Å². The van der Waals surface area contributed by atoms with Gasteiger partial charge in [-0.2, -0.15) is 0 Å². The molecule has 122 valence electrons. The summed E-state index contributed by atoms with van der Waals surface area (Å²) < 4.78 is 5.88. The molecule has 2 aromatic carbocycles. The highest BCUT2D eigenvalue weighted by molar-refractivity contribution is 5.86. The van der Waals surface area contributed by atoms with Crippen molar-refractivity contribution in [1.29, 1.82) is 0 Å². The second-order valence-electron chi connectivity index (χ2n) is 6.14. The Morgan fingerprint density at radius 2 is 2.04 bits per heavy atom. The highest BCUT2D eigenvalue weighted by atomic mass is 16.4. The van der Waals surface area contributed by atoms with Crippen LogP contribution in [0.5, 0.6) is 0 Å². The number of carbonyl (C=O) groups is 1. The van der Waals surface area contributed by atoms with Gasteiger partial charge in [0.25, 0.3) is 0 Å². The van der Waals surface area contributed by atoms with Crippen molar-refractivity contribution in [3.63, 3.8) is 0 Å². The molecule has 1 fully saturated rings. The van der Waals surface area contributed by atoms with Crippen LogP contribution in [0.15, 0.2) is 46.9 Å². The van der Waals surface area contributed by atoms with Crippen LogP contribution in [-0.2, 0) is 11.3 Å². The first-order valence-corrected chi connectivity index (χ1v) is 8.13. The zero-order chi connectivity index (χ0) is 16.5. The summed E-state index contributed by atoms with van der Waals surface area (Å²) in [6.45, 7) is 4.50. The average molecular weight is 321 g/mol. The molecule has 0 aliphatic carbocycles.